The highest BCUT2D eigenvalue weighted by Gasteiger charge is 1.81. The monoisotopic (exact) mass is 111 g/mol. The summed E-state index contributed by atoms with van der Waals surface area (Å²) in [6, 6.07) is 0. The van der Waals surface area contributed by atoms with Crippen LogP contribution in [0.5, 0.6) is 0 Å². The van der Waals surface area contributed by atoms with Gasteiger partial charge in [0.05, 0.1) is 0 Å². The Kier molecular flexibility index (Phi) is 1.23. The first-order valence-electron chi connectivity index (χ1n) is 1.91. The molecule has 5 nitrogen and oxygen atoms in total. The number of nitrogens with one attached hydrogen (secondary N) is 1. The van der Waals surface area contributed by atoms with Gasteiger partial charge in [-0.05, 0) is 0 Å². The van der Waals surface area contributed by atoms with Crippen molar-refractivity contribution < 1.29 is 4.79 Å². The van der Waals surface area contributed by atoms with Gasteiger partial charge in [0.15, 0.2) is 0 Å². The lowest BCUT2D eigenvalue weighted by Crippen LogP contribution is -2.08. The molecule has 0 atom stereocenters. The van der Waals surface area contributed by atoms with Crippen LogP contribution in [0.1, 0.15) is 0 Å². The average molecular weight is 111 g/mol. The normalized spacial score (nSPS) is 8.50. The summed E-state index contributed by atoms with van der Waals surface area (Å²) in [5, 5.41) is 6.82. The van der Waals surface area contributed by atoms with Gasteiger partial charge in [-0.15, -0.1) is 10.2 Å². The van der Waals surface area contributed by atoms with Gasteiger partial charge in [-0.2, -0.15) is 0 Å². The van der Waals surface area contributed by atoms with Crippen molar-refractivity contribution in [2.75, 3.05) is 5.43 Å². The average Bonchev–Trinajstić information content (AvgIpc) is 2.19. The molecule has 1 amide bonds. The molecule has 41 valence electrons. The lowest BCUT2D eigenvalue weighted by atomic mass is 11.2. The van der Waals surface area contributed by atoms with Crippen LogP contribution in [0.4, 0.5) is 0 Å². The minimum absolute atomic E-state index is 1.28. The quantitative estimate of drug-likeness (QED) is 0.492. The molecule has 1 rings (SSSR count). The third-order valence-corrected chi connectivity index (χ3v) is 0.593. The zero-order chi connectivity index (χ0) is 5.82. The largest absolute Gasteiger partial charge is 0.329 e. The van der Waals surface area contributed by atoms with Crippen LogP contribution < -0.4 is 5.43 Å². The molecule has 8 heavy (non-hydrogen) atoms. The summed E-state index contributed by atoms with van der Waals surface area (Å²) in [6.45, 7) is 0. The van der Waals surface area contributed by atoms with E-state index in [1.54, 1.807) is 0 Å². The van der Waals surface area contributed by atoms with Gasteiger partial charge in [0.1, 0.15) is 12.7 Å². The van der Waals surface area contributed by atoms with Crippen LogP contribution in [-0.2, 0) is 4.79 Å². The number of rotatable bonds is 2. The summed E-state index contributed by atoms with van der Waals surface area (Å²) in [4.78, 5) is 9.56. The molecule has 0 spiro atoms. The number of carbonyl (C=O) groups excluding carboxylic acids is 1. The summed E-state index contributed by atoms with van der Waals surface area (Å²) < 4.78 is 1.28. The van der Waals surface area contributed by atoms with Gasteiger partial charge in [0.25, 0.3) is 0 Å². The molecule has 1 aromatic rings. The second-order valence-electron chi connectivity index (χ2n) is 1.08. The second kappa shape index (κ2) is 2.06. The minimum atomic E-state index is 1.28. The van der Waals surface area contributed by atoms with Crippen LogP contribution in [0.2, 0.25) is 0 Å². The summed E-state index contributed by atoms with van der Waals surface area (Å²) in [6.07, 6.45) is 4.16. The molecule has 1 radical (unpaired) electrons. The van der Waals surface area contributed by atoms with Crippen molar-refractivity contribution in [2.45, 2.75) is 0 Å². The first kappa shape index (κ1) is 4.76. The molecule has 0 saturated carbocycles. The maximum Gasteiger partial charge on any atom is 0.329 e. The van der Waals surface area contributed by atoms with Crippen LogP contribution in [0.3, 0.4) is 0 Å². The number of hydrogen-bond donors (Lipinski definition) is 1. The van der Waals surface area contributed by atoms with Crippen LogP contribution in [-0.4, -0.2) is 21.3 Å². The van der Waals surface area contributed by atoms with E-state index < -0.39 is 0 Å². The second-order valence-corrected chi connectivity index (χ2v) is 1.08. The molecule has 5 heteroatoms. The Labute approximate surface area is 45.3 Å². The molecule has 0 aliphatic heterocycles. The fourth-order valence-corrected chi connectivity index (χ4v) is 0.311. The zero-order valence-electron chi connectivity index (χ0n) is 3.90. The van der Waals surface area contributed by atoms with Crippen molar-refractivity contribution in [3.05, 3.63) is 12.7 Å². The third kappa shape index (κ3) is 0.810. The van der Waals surface area contributed by atoms with Crippen LogP contribution in [0, 0.1) is 0 Å². The molecule has 0 aromatic carbocycles. The highest BCUT2D eigenvalue weighted by Crippen LogP contribution is 1.69. The molecule has 1 aromatic heterocycles. The zero-order valence-corrected chi connectivity index (χ0v) is 3.90. The van der Waals surface area contributed by atoms with Gasteiger partial charge in [-0.1, -0.05) is 0 Å². The van der Waals surface area contributed by atoms with E-state index >= 15 is 0 Å². The number of nitrogens with zero attached hydrogens (tertiary/aromatic N) is 3. The SMILES string of the molecule is O=[C]Nn1cnnc1. The van der Waals surface area contributed by atoms with Crippen LogP contribution >= 0.6 is 0 Å². The van der Waals surface area contributed by atoms with Crippen molar-refractivity contribution in [3.63, 3.8) is 0 Å². The summed E-state index contributed by atoms with van der Waals surface area (Å²) in [5.41, 5.74) is 2.17. The van der Waals surface area contributed by atoms with Gasteiger partial charge in [0.2, 0.25) is 0 Å². The summed E-state index contributed by atoms with van der Waals surface area (Å²) >= 11 is 0. The minimum Gasteiger partial charge on any atom is -0.262 e. The highest BCUT2D eigenvalue weighted by atomic mass is 16.1. The Morgan fingerprint density at radius 2 is 2.12 bits per heavy atom. The predicted molar refractivity (Wildman–Crippen MR) is 25.1 cm³/mol. The fourth-order valence-electron chi connectivity index (χ4n) is 0.311. The van der Waals surface area contributed by atoms with E-state index in [4.69, 9.17) is 0 Å². The van der Waals surface area contributed by atoms with Gasteiger partial charge in [-0.3, -0.25) is 10.2 Å². The van der Waals surface area contributed by atoms with Crippen LogP contribution in [0.25, 0.3) is 0 Å². The Hall–Kier alpha value is -1.39. The van der Waals surface area contributed by atoms with E-state index in [0.717, 1.165) is 0 Å². The van der Waals surface area contributed by atoms with Gasteiger partial charge in [0, 0.05) is 0 Å². The molecular weight excluding hydrogens is 108 g/mol. The number of amides is 1. The van der Waals surface area contributed by atoms with E-state index in [0.29, 0.717) is 0 Å². The maximum absolute atomic E-state index is 9.56. The highest BCUT2D eigenvalue weighted by molar-refractivity contribution is 5.57. The lowest BCUT2D eigenvalue weighted by Gasteiger charge is -1.88. The van der Waals surface area contributed by atoms with E-state index in [-0.39, 0.29) is 0 Å². The van der Waals surface area contributed by atoms with Gasteiger partial charge < -0.3 is 0 Å². The van der Waals surface area contributed by atoms with E-state index in [1.165, 1.54) is 23.7 Å². The standard InChI is InChI=1S/C3H3N4O/c8-3-6-7-1-4-5-2-7/h1-2H,(H,6,8). The van der Waals surface area contributed by atoms with Gasteiger partial charge in [-0.25, -0.2) is 4.68 Å². The van der Waals surface area contributed by atoms with Crippen molar-refractivity contribution in [3.8, 4) is 0 Å². The molecule has 0 fully saturated rings. The fraction of sp³-hybridized carbons (Fsp3) is 0. The Balaban J connectivity index is 2.62. The van der Waals surface area contributed by atoms with E-state index in [9.17, 15) is 4.79 Å². The smallest absolute Gasteiger partial charge is 0.262 e. The summed E-state index contributed by atoms with van der Waals surface area (Å²) in [7, 11) is 0. The van der Waals surface area contributed by atoms with Crippen molar-refractivity contribution in [1.29, 1.82) is 0 Å². The molecule has 0 bridgehead atoms. The number of hydrogen-bond acceptors (Lipinski definition) is 3. The first-order chi connectivity index (χ1) is 3.93. The van der Waals surface area contributed by atoms with Crippen LogP contribution in [0.15, 0.2) is 12.7 Å². The lowest BCUT2D eigenvalue weighted by molar-refractivity contribution is 0.555. The maximum atomic E-state index is 9.56. The summed E-state index contributed by atoms with van der Waals surface area (Å²) in [5.74, 6) is 0. The number of aromatic nitrogens is 3. The first-order valence-corrected chi connectivity index (χ1v) is 1.91. The third-order valence-electron chi connectivity index (χ3n) is 0.593. The molecule has 0 aliphatic carbocycles. The molecule has 0 saturated heterocycles. The topological polar surface area (TPSA) is 59.8 Å². The predicted octanol–water partition coefficient (Wildman–Crippen LogP) is -1.11. The van der Waals surface area contributed by atoms with Crippen molar-refractivity contribution in [1.82, 2.24) is 14.9 Å². The van der Waals surface area contributed by atoms with Crippen molar-refractivity contribution in [2.24, 2.45) is 0 Å². The Morgan fingerprint density at radius 1 is 1.50 bits per heavy atom. The molecular formula is C3H3N4O. The Bertz CT molecular complexity index is 158. The van der Waals surface area contributed by atoms with E-state index in [1.807, 2.05) is 0 Å². The Morgan fingerprint density at radius 3 is 2.62 bits per heavy atom. The van der Waals surface area contributed by atoms with Crippen molar-refractivity contribution >= 4 is 6.41 Å². The molecule has 0 unspecified atom stereocenters. The molecule has 0 aliphatic rings. The van der Waals surface area contributed by atoms with Gasteiger partial charge >= 0.3 is 6.41 Å². The molecule has 1 heterocycles. The van der Waals surface area contributed by atoms with E-state index in [2.05, 4.69) is 15.6 Å². The molecule has 1 N–H and O–H groups in total.